The third kappa shape index (κ3) is 5.26. The van der Waals surface area contributed by atoms with Crippen molar-refractivity contribution in [2.75, 3.05) is 20.2 Å². The molecule has 0 unspecified atom stereocenters. The molecule has 0 bridgehead atoms. The smallest absolute Gasteiger partial charge is 0.191 e. The number of benzene rings is 2. The molecule has 2 aromatic rings. The zero-order chi connectivity index (χ0) is 17.2. The minimum absolute atomic E-state index is 0.171. The predicted octanol–water partition coefficient (Wildman–Crippen LogP) is 3.13. The largest absolute Gasteiger partial charge is 0.496 e. The van der Waals surface area contributed by atoms with E-state index in [-0.39, 0.29) is 5.82 Å². The number of para-hydroxylation sites is 1. The minimum atomic E-state index is -0.171. The number of hydrogen-bond acceptors (Lipinski definition) is 2. The Balaban J connectivity index is 1.94. The lowest BCUT2D eigenvalue weighted by molar-refractivity contribution is 0.410. The van der Waals surface area contributed by atoms with Gasteiger partial charge in [-0.05, 0) is 31.0 Å². The van der Waals surface area contributed by atoms with Gasteiger partial charge in [-0.25, -0.2) is 9.38 Å². The minimum Gasteiger partial charge on any atom is -0.496 e. The van der Waals surface area contributed by atoms with Gasteiger partial charge in [0.25, 0.3) is 0 Å². The summed E-state index contributed by atoms with van der Waals surface area (Å²) in [6.45, 7) is 3.90. The molecule has 0 atom stereocenters. The third-order valence-corrected chi connectivity index (χ3v) is 3.59. The van der Waals surface area contributed by atoms with Gasteiger partial charge in [-0.15, -0.1) is 0 Å². The summed E-state index contributed by atoms with van der Waals surface area (Å²) in [5.74, 6) is 1.36. The molecule has 2 N–H and O–H groups in total. The summed E-state index contributed by atoms with van der Waals surface area (Å²) >= 11 is 0. The summed E-state index contributed by atoms with van der Waals surface area (Å²) in [5.41, 5.74) is 1.72. The molecule has 4 nitrogen and oxygen atoms in total. The molecule has 5 heteroatoms. The summed E-state index contributed by atoms with van der Waals surface area (Å²) in [6, 6.07) is 14.6. The van der Waals surface area contributed by atoms with Gasteiger partial charge >= 0.3 is 0 Å². The number of nitrogens with zero attached hydrogens (tertiary/aromatic N) is 1. The molecule has 0 aliphatic carbocycles. The second-order valence-electron chi connectivity index (χ2n) is 5.28. The van der Waals surface area contributed by atoms with Crippen LogP contribution in [0.2, 0.25) is 0 Å². The van der Waals surface area contributed by atoms with Crippen molar-refractivity contribution in [3.63, 3.8) is 0 Å². The molecular weight excluding hydrogens is 305 g/mol. The Kier molecular flexibility index (Phi) is 7.08. The van der Waals surface area contributed by atoms with Crippen LogP contribution in [0.3, 0.4) is 0 Å². The lowest BCUT2D eigenvalue weighted by Gasteiger charge is -2.12. The number of rotatable bonds is 7. The first kappa shape index (κ1) is 17.8. The standard InChI is InChI=1S/C19H24FN3O/c1-3-21-19(22-13-12-15-8-4-6-10-17(15)20)23-14-16-9-5-7-11-18(16)24-2/h4-11H,3,12-14H2,1-2H3,(H2,21,22,23). The summed E-state index contributed by atoms with van der Waals surface area (Å²) in [5, 5.41) is 6.43. The lowest BCUT2D eigenvalue weighted by atomic mass is 10.1. The maximum absolute atomic E-state index is 13.6. The fourth-order valence-electron chi connectivity index (χ4n) is 2.36. The van der Waals surface area contributed by atoms with E-state index in [4.69, 9.17) is 4.74 Å². The van der Waals surface area contributed by atoms with Crippen molar-refractivity contribution in [2.45, 2.75) is 19.9 Å². The molecule has 0 saturated heterocycles. The first-order valence-electron chi connectivity index (χ1n) is 8.12. The molecule has 0 saturated carbocycles. The zero-order valence-corrected chi connectivity index (χ0v) is 14.2. The zero-order valence-electron chi connectivity index (χ0n) is 14.2. The fraction of sp³-hybridized carbons (Fsp3) is 0.316. The van der Waals surface area contributed by atoms with Gasteiger partial charge in [-0.3, -0.25) is 0 Å². The lowest BCUT2D eigenvalue weighted by Crippen LogP contribution is -2.38. The Labute approximate surface area is 142 Å². The Morgan fingerprint density at radius 1 is 1.04 bits per heavy atom. The van der Waals surface area contributed by atoms with E-state index in [0.717, 1.165) is 17.9 Å². The summed E-state index contributed by atoms with van der Waals surface area (Å²) in [4.78, 5) is 4.57. The highest BCUT2D eigenvalue weighted by molar-refractivity contribution is 5.79. The summed E-state index contributed by atoms with van der Waals surface area (Å²) in [6.07, 6.45) is 0.603. The molecule has 0 radical (unpaired) electrons. The monoisotopic (exact) mass is 329 g/mol. The van der Waals surface area contributed by atoms with Gasteiger partial charge in [-0.2, -0.15) is 0 Å². The van der Waals surface area contributed by atoms with Crippen molar-refractivity contribution in [2.24, 2.45) is 4.99 Å². The van der Waals surface area contributed by atoms with Gasteiger partial charge in [0.15, 0.2) is 5.96 Å². The number of guanidine groups is 1. The molecule has 0 spiro atoms. The third-order valence-electron chi connectivity index (χ3n) is 3.59. The van der Waals surface area contributed by atoms with Crippen molar-refractivity contribution >= 4 is 5.96 Å². The first-order chi connectivity index (χ1) is 11.7. The van der Waals surface area contributed by atoms with E-state index < -0.39 is 0 Å². The van der Waals surface area contributed by atoms with E-state index in [1.807, 2.05) is 37.3 Å². The van der Waals surface area contributed by atoms with Crippen LogP contribution in [0, 0.1) is 5.82 Å². The highest BCUT2D eigenvalue weighted by Gasteiger charge is 2.04. The maximum Gasteiger partial charge on any atom is 0.191 e. The molecule has 0 aliphatic rings. The predicted molar refractivity (Wildman–Crippen MR) is 95.9 cm³/mol. The van der Waals surface area contributed by atoms with Gasteiger partial charge in [0.05, 0.1) is 13.7 Å². The van der Waals surface area contributed by atoms with Crippen LogP contribution in [0.1, 0.15) is 18.1 Å². The van der Waals surface area contributed by atoms with Crippen molar-refractivity contribution < 1.29 is 9.13 Å². The highest BCUT2D eigenvalue weighted by Crippen LogP contribution is 2.17. The van der Waals surface area contributed by atoms with E-state index in [2.05, 4.69) is 15.6 Å². The van der Waals surface area contributed by atoms with E-state index in [1.165, 1.54) is 6.07 Å². The van der Waals surface area contributed by atoms with E-state index >= 15 is 0 Å². The maximum atomic E-state index is 13.6. The van der Waals surface area contributed by atoms with Crippen LogP contribution in [0.25, 0.3) is 0 Å². The SMILES string of the molecule is CCNC(=NCc1ccccc1OC)NCCc1ccccc1F. The molecule has 0 amide bonds. The van der Waals surface area contributed by atoms with E-state index in [9.17, 15) is 4.39 Å². The van der Waals surface area contributed by atoms with Crippen LogP contribution in [0.15, 0.2) is 53.5 Å². The van der Waals surface area contributed by atoms with Crippen molar-refractivity contribution in [3.05, 3.63) is 65.5 Å². The van der Waals surface area contributed by atoms with Crippen LogP contribution in [-0.2, 0) is 13.0 Å². The van der Waals surface area contributed by atoms with Gasteiger partial charge in [0.1, 0.15) is 11.6 Å². The fourth-order valence-corrected chi connectivity index (χ4v) is 2.36. The van der Waals surface area contributed by atoms with E-state index in [1.54, 1.807) is 19.2 Å². The molecule has 0 aromatic heterocycles. The average Bonchev–Trinajstić information content (AvgIpc) is 2.61. The second kappa shape index (κ2) is 9.55. The average molecular weight is 329 g/mol. The topological polar surface area (TPSA) is 45.7 Å². The number of hydrogen-bond donors (Lipinski definition) is 2. The van der Waals surface area contributed by atoms with Gasteiger partial charge in [0, 0.05) is 18.7 Å². The Morgan fingerprint density at radius 3 is 2.46 bits per heavy atom. The molecule has 0 heterocycles. The van der Waals surface area contributed by atoms with Crippen LogP contribution in [0.5, 0.6) is 5.75 Å². The van der Waals surface area contributed by atoms with E-state index in [0.29, 0.717) is 31.0 Å². The molecule has 0 fully saturated rings. The van der Waals surface area contributed by atoms with Crippen molar-refractivity contribution in [1.29, 1.82) is 0 Å². The van der Waals surface area contributed by atoms with Gasteiger partial charge in [0.2, 0.25) is 0 Å². The normalized spacial score (nSPS) is 11.2. The number of nitrogens with one attached hydrogen (secondary N) is 2. The summed E-state index contributed by atoms with van der Waals surface area (Å²) < 4.78 is 19.0. The van der Waals surface area contributed by atoms with Crippen molar-refractivity contribution in [1.82, 2.24) is 10.6 Å². The summed E-state index contributed by atoms with van der Waals surface area (Å²) in [7, 11) is 1.65. The number of halogens is 1. The molecule has 2 aromatic carbocycles. The highest BCUT2D eigenvalue weighted by atomic mass is 19.1. The Bertz CT molecular complexity index is 673. The number of aliphatic imine (C=N–C) groups is 1. The Hall–Kier alpha value is -2.56. The first-order valence-corrected chi connectivity index (χ1v) is 8.12. The number of ether oxygens (including phenoxy) is 1. The number of methoxy groups -OCH3 is 1. The molecule has 128 valence electrons. The van der Waals surface area contributed by atoms with Gasteiger partial charge < -0.3 is 15.4 Å². The van der Waals surface area contributed by atoms with Crippen LogP contribution in [0.4, 0.5) is 4.39 Å². The van der Waals surface area contributed by atoms with Crippen molar-refractivity contribution in [3.8, 4) is 5.75 Å². The molecule has 24 heavy (non-hydrogen) atoms. The molecule has 2 rings (SSSR count). The van der Waals surface area contributed by atoms with Crippen LogP contribution < -0.4 is 15.4 Å². The molecule has 0 aliphatic heterocycles. The quantitative estimate of drug-likeness (QED) is 0.606. The second-order valence-corrected chi connectivity index (χ2v) is 5.28. The van der Waals surface area contributed by atoms with Crippen LogP contribution >= 0.6 is 0 Å². The Morgan fingerprint density at radius 2 is 1.75 bits per heavy atom. The molecular formula is C19H24FN3O. The van der Waals surface area contributed by atoms with Crippen LogP contribution in [-0.4, -0.2) is 26.2 Å². The van der Waals surface area contributed by atoms with Gasteiger partial charge in [-0.1, -0.05) is 36.4 Å².